The Morgan fingerprint density at radius 1 is 0.246 bits per heavy atom. The van der Waals surface area contributed by atoms with Crippen LogP contribution in [0.1, 0.15) is 91.5 Å². The molecule has 10 aliphatic carbocycles. The van der Waals surface area contributed by atoms with Crippen molar-refractivity contribution in [2.45, 2.75) is 74.5 Å². The summed E-state index contributed by atoms with van der Waals surface area (Å²) >= 11 is 0. The molecule has 0 saturated heterocycles. The monoisotopic (exact) mass is 1460 g/mol. The van der Waals surface area contributed by atoms with E-state index in [1.807, 2.05) is 0 Å². The van der Waals surface area contributed by atoms with Crippen molar-refractivity contribution in [1.29, 1.82) is 0 Å². The van der Waals surface area contributed by atoms with Gasteiger partial charge >= 0.3 is 0 Å². The van der Waals surface area contributed by atoms with Gasteiger partial charge in [0.15, 0.2) is 34.9 Å². The zero-order valence-electron chi connectivity index (χ0n) is 63.1. The van der Waals surface area contributed by atoms with Gasteiger partial charge in [-0.3, -0.25) is 0 Å². The molecule has 10 aliphatic rings. The van der Waals surface area contributed by atoms with Crippen LogP contribution < -0.4 is 0 Å². The van der Waals surface area contributed by atoms with E-state index in [4.69, 9.17) is 29.9 Å². The van der Waals surface area contributed by atoms with Crippen LogP contribution in [0.4, 0.5) is 0 Å². The molecule has 4 aromatic heterocycles. The molecule has 8 fully saturated rings. The zero-order chi connectivity index (χ0) is 74.2. The molecule has 0 amide bonds. The summed E-state index contributed by atoms with van der Waals surface area (Å²) in [5, 5.41) is 10.2. The van der Waals surface area contributed by atoms with Gasteiger partial charge in [0.05, 0.1) is 22.1 Å². The molecule has 542 valence electrons. The first-order chi connectivity index (χ1) is 56.4. The van der Waals surface area contributed by atoms with Crippen molar-refractivity contribution in [1.82, 2.24) is 39.0 Å². The second-order valence-corrected chi connectivity index (χ2v) is 34.8. The van der Waals surface area contributed by atoms with Gasteiger partial charge in [-0.05, 0) is 280 Å². The Kier molecular flexibility index (Phi) is 13.4. The molecule has 28 rings (SSSR count). The molecular formula is C106H78N8. The third-order valence-electron chi connectivity index (χ3n) is 29.5. The standard InChI is InChI=1S/C106H78N8/c1-4-19-63(20-5-1)99-107-101(110-102(108-99)71-37-42-81-86-54-66-23-10-12-25-68(66)57-91(86)106(90(81)59-71)75-46-61-45-62(48-75)49-76(106)47-61)65-35-40-80(41-36-65)113-94-34-17-15-30-83(94)87-56-70(39-44-95(87)113)97-73-50-77-52-74(97)53-78(51-73)105(77)89-32-18-31-85(98(89)88-55-67-24-11-13-26-69(67)58-92(88)105)104-111-100(64-21-6-2-7-22-64)109-103(112-104)72-38-43-84-82-29-14-16-33-93(82)114(96(84)60-72)79-27-8-3-9-28-79/h1-44,54-62,73-78,97H,45-53H2. The largest absolute Gasteiger partial charge is 0.309 e. The van der Waals surface area contributed by atoms with Gasteiger partial charge in [-0.1, -0.05) is 212 Å². The molecule has 0 atom stereocenters. The van der Waals surface area contributed by atoms with Crippen molar-refractivity contribution in [2.24, 2.45) is 47.3 Å². The van der Waals surface area contributed by atoms with Gasteiger partial charge in [0, 0.05) is 77.1 Å². The Hall–Kier alpha value is -12.8. The summed E-state index contributed by atoms with van der Waals surface area (Å²) in [6.07, 6.45) is 11.5. The highest BCUT2D eigenvalue weighted by molar-refractivity contribution is 6.11. The van der Waals surface area contributed by atoms with Gasteiger partial charge in [0.25, 0.3) is 0 Å². The quantitative estimate of drug-likeness (QED) is 0.143. The number of hydrogen-bond donors (Lipinski definition) is 0. The molecular weight excluding hydrogens is 1390 g/mol. The fourth-order valence-electron chi connectivity index (χ4n) is 25.5. The lowest BCUT2D eigenvalue weighted by molar-refractivity contribution is -0.0569. The topological polar surface area (TPSA) is 87.2 Å². The van der Waals surface area contributed by atoms with E-state index in [0.717, 1.165) is 67.9 Å². The molecule has 114 heavy (non-hydrogen) atoms. The number of hydrogen-bond acceptors (Lipinski definition) is 6. The summed E-state index contributed by atoms with van der Waals surface area (Å²) in [6, 6.07) is 115. The first kappa shape index (κ1) is 63.8. The number of benzene rings is 14. The molecule has 8 heteroatoms. The smallest absolute Gasteiger partial charge is 0.164 e. The second kappa shape index (κ2) is 23.9. The van der Waals surface area contributed by atoms with Crippen molar-refractivity contribution in [2.75, 3.05) is 0 Å². The van der Waals surface area contributed by atoms with Crippen LogP contribution in [0.3, 0.4) is 0 Å². The lowest BCUT2D eigenvalue weighted by atomic mass is 9.40. The van der Waals surface area contributed by atoms with Gasteiger partial charge in [0.1, 0.15) is 0 Å². The number of aromatic nitrogens is 8. The molecule has 0 N–H and O–H groups in total. The van der Waals surface area contributed by atoms with E-state index in [-0.39, 0.29) is 10.8 Å². The summed E-state index contributed by atoms with van der Waals surface area (Å²) in [4.78, 5) is 32.8. The van der Waals surface area contributed by atoms with Crippen LogP contribution in [0.5, 0.6) is 0 Å². The molecule has 0 aliphatic heterocycles. The highest BCUT2D eigenvalue weighted by atomic mass is 15.1. The minimum absolute atomic E-state index is 0.00461. The van der Waals surface area contributed by atoms with Crippen molar-refractivity contribution in [3.05, 3.63) is 337 Å². The maximum atomic E-state index is 5.64. The first-order valence-electron chi connectivity index (χ1n) is 41.6. The normalized spacial score (nSPS) is 23.6. The average Bonchev–Trinajstić information content (AvgIpc) is 1.46. The first-order valence-corrected chi connectivity index (χ1v) is 41.6. The molecule has 0 radical (unpaired) electrons. The highest BCUT2D eigenvalue weighted by Gasteiger charge is 2.65. The van der Waals surface area contributed by atoms with Crippen LogP contribution in [0.15, 0.2) is 309 Å². The Morgan fingerprint density at radius 3 is 1.29 bits per heavy atom. The molecule has 18 aromatic rings. The van der Waals surface area contributed by atoms with Crippen molar-refractivity contribution < 1.29 is 0 Å². The number of fused-ring (bicyclic) bond motifs is 14. The predicted octanol–water partition coefficient (Wildman–Crippen LogP) is 25.4. The molecule has 8 nitrogen and oxygen atoms in total. The fraction of sp³-hybridized carbons (Fsp3) is 0.189. The maximum absolute atomic E-state index is 5.64. The van der Waals surface area contributed by atoms with E-state index in [1.54, 1.807) is 5.56 Å². The Balaban J connectivity index is 0.545. The summed E-state index contributed by atoms with van der Waals surface area (Å²) in [5.41, 5.74) is 25.8. The van der Waals surface area contributed by atoms with Crippen molar-refractivity contribution in [3.8, 4) is 102 Å². The fourth-order valence-corrected chi connectivity index (χ4v) is 25.5. The van der Waals surface area contributed by atoms with Crippen LogP contribution >= 0.6 is 0 Å². The zero-order valence-corrected chi connectivity index (χ0v) is 63.1. The molecule has 8 bridgehead atoms. The van der Waals surface area contributed by atoms with Crippen LogP contribution in [0.25, 0.3) is 167 Å². The lowest BCUT2D eigenvalue weighted by Gasteiger charge is -2.63. The maximum Gasteiger partial charge on any atom is 0.164 e. The number of nitrogens with zero attached hydrogens (tertiary/aromatic N) is 8. The Morgan fingerprint density at radius 2 is 0.675 bits per heavy atom. The van der Waals surface area contributed by atoms with E-state index in [1.165, 1.54) is 162 Å². The summed E-state index contributed by atoms with van der Waals surface area (Å²) < 4.78 is 4.86. The van der Waals surface area contributed by atoms with E-state index in [9.17, 15) is 0 Å². The van der Waals surface area contributed by atoms with Gasteiger partial charge in [-0.25, -0.2) is 29.9 Å². The van der Waals surface area contributed by atoms with Gasteiger partial charge in [0.2, 0.25) is 0 Å². The van der Waals surface area contributed by atoms with Gasteiger partial charge in [-0.15, -0.1) is 0 Å². The van der Waals surface area contributed by atoms with E-state index in [0.29, 0.717) is 70.5 Å². The minimum atomic E-state index is -0.149. The van der Waals surface area contributed by atoms with Crippen molar-refractivity contribution >= 4 is 65.2 Å². The SMILES string of the molecule is c1ccc(-c2nc(-c3ccc(-n4c5ccccc5c5cc(C6C7CC8CC6CC(C7)C86c7cc8ccccc8cc7-c7c(-c8nc(-c9ccccc9)nc(-c9ccc%10c%11ccccc%11n(-c%11ccccc%11)c%10c9)n8)cccc76)ccc54)cc3)nc(-c3ccc4c(c3)C3(c5cc6ccccc6cc5-4)C4CC5CC(C4)CC3C5)n2)cc1. The third kappa shape index (κ3) is 8.99. The lowest BCUT2D eigenvalue weighted by Crippen LogP contribution is -2.57. The van der Waals surface area contributed by atoms with E-state index in [2.05, 4.69) is 319 Å². The second-order valence-electron chi connectivity index (χ2n) is 34.8. The van der Waals surface area contributed by atoms with Crippen LogP contribution in [0, 0.1) is 47.3 Å². The van der Waals surface area contributed by atoms with E-state index < -0.39 is 0 Å². The van der Waals surface area contributed by atoms with Crippen LogP contribution in [0.2, 0.25) is 0 Å². The number of rotatable bonds is 9. The Labute approximate surface area is 661 Å². The predicted molar refractivity (Wildman–Crippen MR) is 461 cm³/mol. The molecule has 2 spiro atoms. The highest BCUT2D eigenvalue weighted by Crippen LogP contribution is 2.74. The van der Waals surface area contributed by atoms with Crippen LogP contribution in [-0.2, 0) is 10.8 Å². The average molecular weight is 1460 g/mol. The molecule has 0 unspecified atom stereocenters. The van der Waals surface area contributed by atoms with Gasteiger partial charge < -0.3 is 9.13 Å². The Bertz CT molecular complexity index is 7060. The molecule has 8 saturated carbocycles. The van der Waals surface area contributed by atoms with Crippen LogP contribution in [-0.4, -0.2) is 39.0 Å². The summed E-state index contributed by atoms with van der Waals surface area (Å²) in [7, 11) is 0. The number of para-hydroxylation sites is 3. The molecule has 4 heterocycles. The summed E-state index contributed by atoms with van der Waals surface area (Å²) in [6.45, 7) is 0. The minimum Gasteiger partial charge on any atom is -0.309 e. The van der Waals surface area contributed by atoms with Gasteiger partial charge in [-0.2, -0.15) is 0 Å². The van der Waals surface area contributed by atoms with Crippen molar-refractivity contribution in [3.63, 3.8) is 0 Å². The molecule has 14 aromatic carbocycles. The summed E-state index contributed by atoms with van der Waals surface area (Å²) in [5.74, 6) is 9.68. The third-order valence-corrected chi connectivity index (χ3v) is 29.5. The van der Waals surface area contributed by atoms with E-state index >= 15 is 0 Å².